The monoisotopic (exact) mass is 262 g/mol. The van der Waals surface area contributed by atoms with Crippen LogP contribution in [0.25, 0.3) is 0 Å². The standard InChI is InChI=1S/C14H17NO4/c1-3-15-12(16)8-10(14(17)18)13(15)9-6-4-5-7-11(9)19-2/h4-7,10,13H,3,8H2,1-2H3,(H,17,18)/p-1/t10-,13+/m1/s1. The normalized spacial score (nSPS) is 22.6. The van der Waals surface area contributed by atoms with E-state index >= 15 is 0 Å². The molecule has 1 aromatic rings. The zero-order valence-electron chi connectivity index (χ0n) is 11.0. The molecule has 1 aliphatic rings. The van der Waals surface area contributed by atoms with Crippen LogP contribution in [-0.4, -0.2) is 30.4 Å². The number of para-hydroxylation sites is 1. The third kappa shape index (κ3) is 2.28. The minimum atomic E-state index is -1.19. The van der Waals surface area contributed by atoms with Crippen LogP contribution in [0.3, 0.4) is 0 Å². The Kier molecular flexibility index (Phi) is 3.74. The van der Waals surface area contributed by atoms with Crippen LogP contribution in [0.15, 0.2) is 24.3 Å². The summed E-state index contributed by atoms with van der Waals surface area (Å²) in [4.78, 5) is 24.7. The predicted octanol–water partition coefficient (Wildman–Crippen LogP) is 0.355. The minimum absolute atomic E-state index is 0.0150. The molecule has 1 fully saturated rings. The first-order chi connectivity index (χ1) is 9.10. The number of hydrogen-bond acceptors (Lipinski definition) is 4. The number of rotatable bonds is 4. The van der Waals surface area contributed by atoms with Gasteiger partial charge in [-0.15, -0.1) is 0 Å². The number of nitrogens with zero attached hydrogens (tertiary/aromatic N) is 1. The number of carbonyl (C=O) groups is 2. The summed E-state index contributed by atoms with van der Waals surface area (Å²) in [5, 5.41) is 11.3. The lowest BCUT2D eigenvalue weighted by molar-refractivity contribution is -0.312. The topological polar surface area (TPSA) is 69.7 Å². The molecule has 0 aliphatic carbocycles. The summed E-state index contributed by atoms with van der Waals surface area (Å²) >= 11 is 0. The molecule has 0 aromatic heterocycles. The van der Waals surface area contributed by atoms with Crippen LogP contribution < -0.4 is 9.84 Å². The molecular formula is C14H16NO4-. The maximum absolute atomic E-state index is 11.9. The largest absolute Gasteiger partial charge is 0.550 e. The molecule has 2 atom stereocenters. The van der Waals surface area contributed by atoms with Crippen molar-refractivity contribution in [3.8, 4) is 5.75 Å². The van der Waals surface area contributed by atoms with E-state index in [-0.39, 0.29) is 12.3 Å². The van der Waals surface area contributed by atoms with Crippen molar-refractivity contribution >= 4 is 11.9 Å². The van der Waals surface area contributed by atoms with E-state index < -0.39 is 17.9 Å². The molecule has 0 saturated carbocycles. The van der Waals surface area contributed by atoms with Gasteiger partial charge in [0, 0.05) is 30.4 Å². The van der Waals surface area contributed by atoms with E-state index in [9.17, 15) is 14.7 Å². The number of carbonyl (C=O) groups excluding carboxylic acids is 2. The van der Waals surface area contributed by atoms with Crippen LogP contribution in [-0.2, 0) is 9.59 Å². The van der Waals surface area contributed by atoms with E-state index in [2.05, 4.69) is 0 Å². The summed E-state index contributed by atoms with van der Waals surface area (Å²) in [5.41, 5.74) is 0.715. The summed E-state index contributed by atoms with van der Waals surface area (Å²) < 4.78 is 5.26. The second-order valence-electron chi connectivity index (χ2n) is 4.50. The summed E-state index contributed by atoms with van der Waals surface area (Å²) in [6, 6.07) is 6.65. The molecule has 0 unspecified atom stereocenters. The van der Waals surface area contributed by atoms with Gasteiger partial charge in [-0.3, -0.25) is 4.79 Å². The number of methoxy groups -OCH3 is 1. The van der Waals surface area contributed by atoms with E-state index in [1.54, 1.807) is 23.1 Å². The zero-order chi connectivity index (χ0) is 14.0. The number of benzene rings is 1. The van der Waals surface area contributed by atoms with Crippen LogP contribution in [0, 0.1) is 5.92 Å². The molecule has 0 N–H and O–H groups in total. The van der Waals surface area contributed by atoms with Gasteiger partial charge in [-0.2, -0.15) is 0 Å². The van der Waals surface area contributed by atoms with Crippen molar-refractivity contribution in [1.29, 1.82) is 0 Å². The molecule has 0 radical (unpaired) electrons. The fourth-order valence-corrected chi connectivity index (χ4v) is 2.67. The Hall–Kier alpha value is -2.04. The van der Waals surface area contributed by atoms with Crippen molar-refractivity contribution in [3.05, 3.63) is 29.8 Å². The minimum Gasteiger partial charge on any atom is -0.550 e. The van der Waals surface area contributed by atoms with Gasteiger partial charge in [0.15, 0.2) is 0 Å². The first-order valence-corrected chi connectivity index (χ1v) is 6.23. The summed E-state index contributed by atoms with van der Waals surface area (Å²) in [7, 11) is 1.53. The van der Waals surface area contributed by atoms with Crippen molar-refractivity contribution in [2.75, 3.05) is 13.7 Å². The maximum atomic E-state index is 11.9. The van der Waals surface area contributed by atoms with Crippen molar-refractivity contribution in [3.63, 3.8) is 0 Å². The highest BCUT2D eigenvalue weighted by Crippen LogP contribution is 2.41. The lowest BCUT2D eigenvalue weighted by Crippen LogP contribution is -2.36. The van der Waals surface area contributed by atoms with Gasteiger partial charge >= 0.3 is 0 Å². The van der Waals surface area contributed by atoms with E-state index in [1.807, 2.05) is 13.0 Å². The third-order valence-corrected chi connectivity index (χ3v) is 3.53. The Morgan fingerprint density at radius 3 is 2.74 bits per heavy atom. The predicted molar refractivity (Wildman–Crippen MR) is 66.2 cm³/mol. The molecule has 1 amide bonds. The summed E-state index contributed by atoms with van der Waals surface area (Å²) in [6.07, 6.45) is -0.0150. The number of aliphatic carboxylic acids is 1. The Balaban J connectivity index is 2.48. The molecule has 1 saturated heterocycles. The van der Waals surface area contributed by atoms with Crippen molar-refractivity contribution < 1.29 is 19.4 Å². The van der Waals surface area contributed by atoms with Gasteiger partial charge in [0.2, 0.25) is 5.91 Å². The summed E-state index contributed by atoms with van der Waals surface area (Å²) in [5.74, 6) is -1.59. The van der Waals surface area contributed by atoms with E-state index in [0.717, 1.165) is 0 Å². The van der Waals surface area contributed by atoms with Crippen LogP contribution >= 0.6 is 0 Å². The third-order valence-electron chi connectivity index (χ3n) is 3.53. The average Bonchev–Trinajstić information content (AvgIpc) is 2.75. The van der Waals surface area contributed by atoms with Gasteiger partial charge < -0.3 is 19.5 Å². The molecule has 1 aliphatic heterocycles. The number of carboxylic acids is 1. The number of carboxylic acid groups (broad SMARTS) is 1. The molecule has 5 nitrogen and oxygen atoms in total. The lowest BCUT2D eigenvalue weighted by Gasteiger charge is -2.29. The van der Waals surface area contributed by atoms with E-state index in [0.29, 0.717) is 17.9 Å². The molecule has 19 heavy (non-hydrogen) atoms. The fraction of sp³-hybridized carbons (Fsp3) is 0.429. The lowest BCUT2D eigenvalue weighted by atomic mass is 9.93. The first kappa shape index (κ1) is 13.4. The van der Waals surface area contributed by atoms with Gasteiger partial charge in [-0.1, -0.05) is 18.2 Å². The van der Waals surface area contributed by atoms with Crippen LogP contribution in [0.1, 0.15) is 24.9 Å². The second kappa shape index (κ2) is 5.30. The zero-order valence-corrected chi connectivity index (χ0v) is 11.0. The molecule has 1 aromatic carbocycles. The highest BCUT2D eigenvalue weighted by molar-refractivity contribution is 5.87. The van der Waals surface area contributed by atoms with Gasteiger partial charge in [-0.05, 0) is 13.0 Å². The molecule has 2 rings (SSSR count). The molecule has 0 spiro atoms. The SMILES string of the molecule is CCN1C(=O)C[C@@H](C(=O)[O-])[C@@H]1c1ccccc1OC. The quantitative estimate of drug-likeness (QED) is 0.785. The Labute approximate surface area is 111 Å². The Bertz CT molecular complexity index is 500. The molecular weight excluding hydrogens is 246 g/mol. The molecule has 5 heteroatoms. The van der Waals surface area contributed by atoms with Crippen molar-refractivity contribution in [2.24, 2.45) is 5.92 Å². The Morgan fingerprint density at radius 2 is 2.16 bits per heavy atom. The maximum Gasteiger partial charge on any atom is 0.223 e. The van der Waals surface area contributed by atoms with Gasteiger partial charge in [0.1, 0.15) is 5.75 Å². The fourth-order valence-electron chi connectivity index (χ4n) is 2.67. The Morgan fingerprint density at radius 1 is 1.47 bits per heavy atom. The number of hydrogen-bond donors (Lipinski definition) is 0. The number of ether oxygens (including phenoxy) is 1. The van der Waals surface area contributed by atoms with Gasteiger partial charge in [0.05, 0.1) is 13.2 Å². The second-order valence-corrected chi connectivity index (χ2v) is 4.50. The van der Waals surface area contributed by atoms with Crippen LogP contribution in [0.4, 0.5) is 0 Å². The average molecular weight is 262 g/mol. The highest BCUT2D eigenvalue weighted by atomic mass is 16.5. The molecule has 1 heterocycles. The van der Waals surface area contributed by atoms with Gasteiger partial charge in [0.25, 0.3) is 0 Å². The highest BCUT2D eigenvalue weighted by Gasteiger charge is 2.41. The summed E-state index contributed by atoms with van der Waals surface area (Å²) in [6.45, 7) is 2.29. The van der Waals surface area contributed by atoms with E-state index in [4.69, 9.17) is 4.74 Å². The van der Waals surface area contributed by atoms with Crippen LogP contribution in [0.2, 0.25) is 0 Å². The van der Waals surface area contributed by atoms with Crippen molar-refractivity contribution in [1.82, 2.24) is 4.90 Å². The van der Waals surface area contributed by atoms with Crippen molar-refractivity contribution in [2.45, 2.75) is 19.4 Å². The number of likely N-dealkylation sites (tertiary alicyclic amines) is 1. The smallest absolute Gasteiger partial charge is 0.223 e. The molecule has 102 valence electrons. The van der Waals surface area contributed by atoms with Gasteiger partial charge in [-0.25, -0.2) is 0 Å². The number of amides is 1. The van der Waals surface area contributed by atoms with Crippen LogP contribution in [0.5, 0.6) is 5.75 Å². The first-order valence-electron chi connectivity index (χ1n) is 6.23. The van der Waals surface area contributed by atoms with E-state index in [1.165, 1.54) is 7.11 Å². The molecule has 0 bridgehead atoms.